The molecule has 45 heavy (non-hydrogen) atoms. The number of likely N-dealkylation sites (N-methyl/N-ethyl adjacent to an activating group) is 1. The summed E-state index contributed by atoms with van der Waals surface area (Å²) >= 11 is 0. The van der Waals surface area contributed by atoms with Gasteiger partial charge in [-0.25, -0.2) is 4.79 Å². The number of hydrogen-bond donors (Lipinski definition) is 4. The van der Waals surface area contributed by atoms with Crippen molar-refractivity contribution in [2.24, 2.45) is 0 Å². The van der Waals surface area contributed by atoms with E-state index in [-0.39, 0.29) is 75.8 Å². The van der Waals surface area contributed by atoms with E-state index in [1.807, 2.05) is 4.90 Å². The number of ether oxygens (including phenoxy) is 2. The SMILES string of the molecule is COC1=C(C)C(=O)C2=C(C1=O)[C@@H]1[C@@H]3Cc4c(OC(=O)CO)c(C)c(CO)c(O)c4[C@H](CNC(=O)C(C)=O)N3[C@@H](C#N)[C@H](C2)N1C. The van der Waals surface area contributed by atoms with Crippen molar-refractivity contribution < 1.29 is 48.8 Å². The number of carbonyl (C=O) groups excluding carboxylic acids is 5. The molecule has 3 aliphatic heterocycles. The minimum Gasteiger partial charge on any atom is -0.507 e. The van der Waals surface area contributed by atoms with Crippen LogP contribution in [-0.4, -0.2) is 106 Å². The Morgan fingerprint density at radius 2 is 1.80 bits per heavy atom. The van der Waals surface area contributed by atoms with Gasteiger partial charge in [0, 0.05) is 64.5 Å². The molecule has 14 heteroatoms. The van der Waals surface area contributed by atoms with Gasteiger partial charge in [0.15, 0.2) is 11.5 Å². The van der Waals surface area contributed by atoms with E-state index in [4.69, 9.17) is 9.47 Å². The number of aromatic hydroxyl groups is 1. The van der Waals surface area contributed by atoms with Crippen LogP contribution in [0.4, 0.5) is 0 Å². The van der Waals surface area contributed by atoms with Crippen molar-refractivity contribution >= 4 is 29.2 Å². The molecular formula is C31H34N4O10. The third-order valence-corrected chi connectivity index (χ3v) is 9.49. The van der Waals surface area contributed by atoms with E-state index >= 15 is 0 Å². The predicted molar refractivity (Wildman–Crippen MR) is 153 cm³/mol. The quantitative estimate of drug-likeness (QED) is 0.130. The summed E-state index contributed by atoms with van der Waals surface area (Å²) in [7, 11) is 3.06. The van der Waals surface area contributed by atoms with Crippen LogP contribution in [0.25, 0.3) is 0 Å². The van der Waals surface area contributed by atoms with Gasteiger partial charge in [-0.2, -0.15) is 5.26 Å². The predicted octanol–water partition coefficient (Wildman–Crippen LogP) is -0.589. The number of amides is 1. The number of carbonyl (C=O) groups is 5. The number of ketones is 3. The van der Waals surface area contributed by atoms with Gasteiger partial charge in [0.1, 0.15) is 24.1 Å². The van der Waals surface area contributed by atoms with Crippen LogP contribution >= 0.6 is 0 Å². The maximum absolute atomic E-state index is 13.9. The van der Waals surface area contributed by atoms with Gasteiger partial charge in [0.05, 0.1) is 31.9 Å². The number of piperazine rings is 1. The maximum atomic E-state index is 13.9. The number of nitrogens with zero attached hydrogens (tertiary/aromatic N) is 3. The largest absolute Gasteiger partial charge is 0.507 e. The van der Waals surface area contributed by atoms with Crippen LogP contribution in [-0.2, 0) is 41.7 Å². The Hall–Kier alpha value is -4.42. The van der Waals surface area contributed by atoms with E-state index in [2.05, 4.69) is 11.4 Å². The molecule has 1 aliphatic carbocycles. The van der Waals surface area contributed by atoms with Crippen molar-refractivity contribution in [3.8, 4) is 17.6 Å². The lowest BCUT2D eigenvalue weighted by Crippen LogP contribution is -2.72. The number of esters is 1. The molecule has 0 unspecified atom stereocenters. The first-order valence-electron chi connectivity index (χ1n) is 14.4. The molecule has 1 fully saturated rings. The van der Waals surface area contributed by atoms with Gasteiger partial charge in [-0.05, 0) is 33.7 Å². The van der Waals surface area contributed by atoms with E-state index in [1.54, 1.807) is 11.9 Å². The Labute approximate surface area is 258 Å². The third-order valence-electron chi connectivity index (χ3n) is 9.49. The number of methoxy groups -OCH3 is 1. The molecule has 238 valence electrons. The van der Waals surface area contributed by atoms with Crippen molar-refractivity contribution in [2.45, 2.75) is 70.4 Å². The molecule has 14 nitrogen and oxygen atoms in total. The summed E-state index contributed by atoms with van der Waals surface area (Å²) in [4.78, 5) is 67.8. The Morgan fingerprint density at radius 3 is 2.38 bits per heavy atom. The molecule has 1 aromatic carbocycles. The molecule has 3 heterocycles. The number of nitrogens with one attached hydrogen (secondary N) is 1. The molecule has 4 N–H and O–H groups in total. The Bertz CT molecular complexity index is 1650. The fraction of sp³-hybridized carbons (Fsp3) is 0.484. The number of phenols is 1. The second-order valence-corrected chi connectivity index (χ2v) is 11.6. The number of rotatable bonds is 7. The van der Waals surface area contributed by atoms with Crippen LogP contribution in [0.2, 0.25) is 0 Å². The topological polar surface area (TPSA) is 207 Å². The standard InChI is InChI=1S/C31H34N4O10/c1-12-17(10-36)27(41)23-16(29(12)45-22(39)11-37)7-19-25-24-15(26(40)13(2)30(44-5)28(24)42)6-18(34(25)4)20(8-32)35(19)21(23)9-33-31(43)14(3)38/h18-21,25,36-37,41H,6-7,9-11H2,1-5H3,(H,33,43)/t18-,19-,20-,21-,25-/m0/s1. The van der Waals surface area contributed by atoms with Crippen molar-refractivity contribution in [2.75, 3.05) is 27.3 Å². The van der Waals surface area contributed by atoms with Crippen LogP contribution in [0.3, 0.4) is 0 Å². The van der Waals surface area contributed by atoms with E-state index in [0.29, 0.717) is 5.57 Å². The summed E-state index contributed by atoms with van der Waals surface area (Å²) in [6, 6.07) is -1.75. The lowest BCUT2D eigenvalue weighted by atomic mass is 9.68. The van der Waals surface area contributed by atoms with E-state index in [0.717, 1.165) is 6.92 Å². The summed E-state index contributed by atoms with van der Waals surface area (Å²) in [6.07, 6.45) is 0.0625. The molecule has 1 aromatic rings. The number of allylic oxidation sites excluding steroid dienone is 2. The van der Waals surface area contributed by atoms with Crippen LogP contribution in [0.5, 0.6) is 11.5 Å². The van der Waals surface area contributed by atoms with Gasteiger partial charge in [-0.3, -0.25) is 29.0 Å². The monoisotopic (exact) mass is 622 g/mol. The molecule has 1 saturated heterocycles. The lowest BCUT2D eigenvalue weighted by molar-refractivity contribution is -0.137. The fourth-order valence-corrected chi connectivity index (χ4v) is 7.45. The average molecular weight is 623 g/mol. The zero-order valence-electron chi connectivity index (χ0n) is 25.5. The first-order chi connectivity index (χ1) is 21.3. The zero-order valence-corrected chi connectivity index (χ0v) is 25.5. The van der Waals surface area contributed by atoms with Crippen molar-refractivity contribution in [3.63, 3.8) is 0 Å². The van der Waals surface area contributed by atoms with Gasteiger partial charge in [-0.15, -0.1) is 0 Å². The first kappa shape index (κ1) is 32.0. The zero-order chi connectivity index (χ0) is 33.1. The molecule has 0 aromatic heterocycles. The fourth-order valence-electron chi connectivity index (χ4n) is 7.45. The molecule has 0 radical (unpaired) electrons. The number of aliphatic hydroxyl groups excluding tert-OH is 2. The minimum absolute atomic E-state index is 0.0101. The molecular weight excluding hydrogens is 588 g/mol. The number of aliphatic hydroxyl groups is 2. The molecule has 2 bridgehead atoms. The third kappa shape index (κ3) is 4.74. The van der Waals surface area contributed by atoms with Crippen molar-refractivity contribution in [1.82, 2.24) is 15.1 Å². The van der Waals surface area contributed by atoms with Crippen molar-refractivity contribution in [1.29, 1.82) is 5.26 Å². The van der Waals surface area contributed by atoms with Crippen molar-refractivity contribution in [3.05, 3.63) is 44.7 Å². The van der Waals surface area contributed by atoms with Gasteiger partial charge < -0.3 is 30.1 Å². The summed E-state index contributed by atoms with van der Waals surface area (Å²) in [5.74, 6) is -3.97. The summed E-state index contributed by atoms with van der Waals surface area (Å²) in [5.41, 5.74) is 1.37. The highest BCUT2D eigenvalue weighted by Gasteiger charge is 2.58. The maximum Gasteiger partial charge on any atom is 0.337 e. The Kier molecular flexibility index (Phi) is 8.41. The van der Waals surface area contributed by atoms with E-state index in [9.17, 15) is 44.6 Å². The van der Waals surface area contributed by atoms with Crippen LogP contribution in [0.1, 0.15) is 48.6 Å². The lowest BCUT2D eigenvalue weighted by Gasteiger charge is -2.60. The highest BCUT2D eigenvalue weighted by Crippen LogP contribution is 2.53. The molecule has 0 spiro atoms. The Balaban J connectivity index is 1.79. The smallest absolute Gasteiger partial charge is 0.337 e. The number of benzene rings is 1. The molecule has 0 saturated carbocycles. The number of Topliss-reactive ketones (excluding diaryl/α,β-unsaturated/α-hetero) is 3. The van der Waals surface area contributed by atoms with Gasteiger partial charge in [-0.1, -0.05) is 0 Å². The highest BCUT2D eigenvalue weighted by atomic mass is 16.5. The first-order valence-corrected chi connectivity index (χ1v) is 14.4. The van der Waals surface area contributed by atoms with Crippen LogP contribution in [0.15, 0.2) is 22.5 Å². The summed E-state index contributed by atoms with van der Waals surface area (Å²) in [6.45, 7) is 2.23. The average Bonchev–Trinajstić information content (AvgIpc) is 3.00. The molecule has 1 amide bonds. The van der Waals surface area contributed by atoms with Crippen LogP contribution < -0.4 is 10.1 Å². The molecule has 5 rings (SSSR count). The molecule has 5 atom stereocenters. The normalized spacial score (nSPS) is 26.0. The number of fused-ring (bicyclic) bond motifs is 6. The number of hydrogen-bond acceptors (Lipinski definition) is 13. The summed E-state index contributed by atoms with van der Waals surface area (Å²) < 4.78 is 10.9. The second kappa shape index (κ2) is 11.8. The van der Waals surface area contributed by atoms with Crippen LogP contribution in [0, 0.1) is 18.3 Å². The minimum atomic E-state index is -1.02. The van der Waals surface area contributed by atoms with Gasteiger partial charge >= 0.3 is 5.97 Å². The summed E-state index contributed by atoms with van der Waals surface area (Å²) in [5, 5.41) is 44.4. The molecule has 4 aliphatic rings. The van der Waals surface area contributed by atoms with E-state index < -0.39 is 66.9 Å². The van der Waals surface area contributed by atoms with Gasteiger partial charge in [0.25, 0.3) is 5.91 Å². The Morgan fingerprint density at radius 1 is 1.11 bits per heavy atom. The second-order valence-electron chi connectivity index (χ2n) is 11.6. The highest BCUT2D eigenvalue weighted by molar-refractivity contribution is 6.35. The number of nitriles is 1. The van der Waals surface area contributed by atoms with Gasteiger partial charge in [0.2, 0.25) is 11.6 Å². The van der Waals surface area contributed by atoms with E-state index in [1.165, 1.54) is 21.0 Å².